The molecule has 0 spiro atoms. The molecular weight excluding hydrogens is 237 g/mol. The average Bonchev–Trinajstić information content (AvgIpc) is 2.22. The lowest BCUT2D eigenvalue weighted by Gasteiger charge is -2.07. The third-order valence-electron chi connectivity index (χ3n) is 1.78. The molecule has 1 aromatic heterocycles. The molecule has 17 heavy (non-hydrogen) atoms. The Morgan fingerprint density at radius 1 is 1.41 bits per heavy atom. The molecule has 0 aliphatic carbocycles. The fraction of sp³-hybridized carbons (Fsp3) is 0.500. The maximum atomic E-state index is 11.8. The first kappa shape index (κ1) is 13.6. The minimum absolute atomic E-state index is 0.137. The SMILES string of the molecule is Cc1cc(C=O)nc(CCOCC(F)(F)F)n1. The van der Waals surface area contributed by atoms with Gasteiger partial charge in [-0.2, -0.15) is 13.2 Å². The standard InChI is InChI=1S/C10H11F3N2O2/c1-7-4-8(5-16)15-9(14-7)2-3-17-6-10(11,12)13/h4-5H,2-3,6H2,1H3. The first-order valence-corrected chi connectivity index (χ1v) is 4.85. The Kier molecular flexibility index (Phi) is 4.56. The van der Waals surface area contributed by atoms with Gasteiger partial charge in [0.25, 0.3) is 0 Å². The van der Waals surface area contributed by atoms with E-state index in [9.17, 15) is 18.0 Å². The Bertz CT molecular complexity index is 394. The van der Waals surface area contributed by atoms with Crippen molar-refractivity contribution in [2.75, 3.05) is 13.2 Å². The van der Waals surface area contributed by atoms with Gasteiger partial charge in [0.05, 0.1) is 6.61 Å². The number of halogens is 3. The van der Waals surface area contributed by atoms with Gasteiger partial charge in [-0.3, -0.25) is 4.79 Å². The Balaban J connectivity index is 2.46. The van der Waals surface area contributed by atoms with Crippen LogP contribution in [0.4, 0.5) is 13.2 Å². The van der Waals surface area contributed by atoms with E-state index in [4.69, 9.17) is 0 Å². The summed E-state index contributed by atoms with van der Waals surface area (Å²) in [5.74, 6) is 0.300. The highest BCUT2D eigenvalue weighted by atomic mass is 19.4. The Morgan fingerprint density at radius 3 is 2.71 bits per heavy atom. The normalized spacial score (nSPS) is 11.5. The molecule has 0 aliphatic rings. The third-order valence-corrected chi connectivity index (χ3v) is 1.78. The fourth-order valence-corrected chi connectivity index (χ4v) is 1.18. The Labute approximate surface area is 95.8 Å². The second-order valence-corrected chi connectivity index (χ2v) is 3.39. The molecule has 1 heterocycles. The smallest absolute Gasteiger partial charge is 0.372 e. The first-order valence-electron chi connectivity index (χ1n) is 4.85. The lowest BCUT2D eigenvalue weighted by Crippen LogP contribution is -2.18. The van der Waals surface area contributed by atoms with Gasteiger partial charge in [0.2, 0.25) is 0 Å². The monoisotopic (exact) mass is 248 g/mol. The van der Waals surface area contributed by atoms with E-state index in [1.165, 1.54) is 6.07 Å². The fourth-order valence-electron chi connectivity index (χ4n) is 1.18. The molecular formula is C10H11F3N2O2. The van der Waals surface area contributed by atoms with Crippen molar-refractivity contribution in [3.63, 3.8) is 0 Å². The molecule has 7 heteroatoms. The number of hydrogen-bond donors (Lipinski definition) is 0. The van der Waals surface area contributed by atoms with Crippen LogP contribution in [0.2, 0.25) is 0 Å². The second kappa shape index (κ2) is 5.72. The van der Waals surface area contributed by atoms with Crippen LogP contribution in [-0.4, -0.2) is 35.6 Å². The highest BCUT2D eigenvalue weighted by molar-refractivity contribution is 5.71. The van der Waals surface area contributed by atoms with Crippen LogP contribution in [0, 0.1) is 6.92 Å². The zero-order valence-corrected chi connectivity index (χ0v) is 9.12. The van der Waals surface area contributed by atoms with Crippen LogP contribution in [-0.2, 0) is 11.2 Å². The van der Waals surface area contributed by atoms with Crippen molar-refractivity contribution >= 4 is 6.29 Å². The largest absolute Gasteiger partial charge is 0.411 e. The maximum absolute atomic E-state index is 11.8. The minimum Gasteiger partial charge on any atom is -0.372 e. The number of aldehydes is 1. The van der Waals surface area contributed by atoms with Crippen LogP contribution in [0.1, 0.15) is 22.0 Å². The number of carbonyl (C=O) groups excluding carboxylic acids is 1. The van der Waals surface area contributed by atoms with Crippen molar-refractivity contribution in [1.82, 2.24) is 9.97 Å². The maximum Gasteiger partial charge on any atom is 0.411 e. The van der Waals surface area contributed by atoms with E-state index in [0.717, 1.165) is 0 Å². The molecule has 0 N–H and O–H groups in total. The van der Waals surface area contributed by atoms with Gasteiger partial charge in [-0.05, 0) is 13.0 Å². The number of hydrogen-bond acceptors (Lipinski definition) is 4. The van der Waals surface area contributed by atoms with Crippen molar-refractivity contribution in [1.29, 1.82) is 0 Å². The molecule has 0 aromatic carbocycles. The van der Waals surface area contributed by atoms with Gasteiger partial charge in [0.1, 0.15) is 18.1 Å². The van der Waals surface area contributed by atoms with Crippen molar-refractivity contribution in [2.24, 2.45) is 0 Å². The van der Waals surface area contributed by atoms with E-state index in [1.807, 2.05) is 0 Å². The van der Waals surface area contributed by atoms with Gasteiger partial charge >= 0.3 is 6.18 Å². The molecule has 0 saturated heterocycles. The summed E-state index contributed by atoms with van der Waals surface area (Å²) < 4.78 is 39.7. The summed E-state index contributed by atoms with van der Waals surface area (Å²) in [5.41, 5.74) is 0.802. The number of nitrogens with zero attached hydrogens (tertiary/aromatic N) is 2. The zero-order chi connectivity index (χ0) is 12.9. The third kappa shape index (κ3) is 5.39. The van der Waals surface area contributed by atoms with E-state index < -0.39 is 12.8 Å². The van der Waals surface area contributed by atoms with Gasteiger partial charge in [-0.1, -0.05) is 0 Å². The van der Waals surface area contributed by atoms with E-state index in [-0.39, 0.29) is 18.7 Å². The number of alkyl halides is 3. The average molecular weight is 248 g/mol. The molecule has 94 valence electrons. The highest BCUT2D eigenvalue weighted by Gasteiger charge is 2.27. The summed E-state index contributed by atoms with van der Waals surface area (Å²) in [6.45, 7) is 0.245. The molecule has 0 atom stereocenters. The summed E-state index contributed by atoms with van der Waals surface area (Å²) >= 11 is 0. The van der Waals surface area contributed by atoms with Crippen LogP contribution in [0.3, 0.4) is 0 Å². The molecule has 0 saturated carbocycles. The van der Waals surface area contributed by atoms with Crippen molar-refractivity contribution in [3.8, 4) is 0 Å². The summed E-state index contributed by atoms with van der Waals surface area (Å²) in [4.78, 5) is 18.3. The summed E-state index contributed by atoms with van der Waals surface area (Å²) in [5, 5.41) is 0. The summed E-state index contributed by atoms with van der Waals surface area (Å²) in [6, 6.07) is 1.49. The van der Waals surface area contributed by atoms with Gasteiger partial charge in [-0.15, -0.1) is 0 Å². The number of aryl methyl sites for hydroxylation is 1. The number of aromatic nitrogens is 2. The van der Waals surface area contributed by atoms with Crippen molar-refractivity contribution in [2.45, 2.75) is 19.5 Å². The predicted octanol–water partition coefficient (Wildman–Crippen LogP) is 1.72. The predicted molar refractivity (Wildman–Crippen MR) is 52.7 cm³/mol. The summed E-state index contributed by atoms with van der Waals surface area (Å²) in [7, 11) is 0. The lowest BCUT2D eigenvalue weighted by molar-refractivity contribution is -0.173. The quantitative estimate of drug-likeness (QED) is 0.588. The molecule has 0 aliphatic heterocycles. The van der Waals surface area contributed by atoms with Crippen LogP contribution in [0.25, 0.3) is 0 Å². The van der Waals surface area contributed by atoms with Crippen LogP contribution < -0.4 is 0 Å². The number of ether oxygens (including phenoxy) is 1. The first-order chi connectivity index (χ1) is 7.90. The molecule has 0 radical (unpaired) electrons. The van der Waals surface area contributed by atoms with Crippen LogP contribution in [0.15, 0.2) is 6.07 Å². The second-order valence-electron chi connectivity index (χ2n) is 3.39. The molecule has 1 rings (SSSR count). The topological polar surface area (TPSA) is 52.1 Å². The Hall–Kier alpha value is -1.50. The van der Waals surface area contributed by atoms with Crippen molar-refractivity contribution in [3.05, 3.63) is 23.3 Å². The van der Waals surface area contributed by atoms with Gasteiger partial charge in [-0.25, -0.2) is 9.97 Å². The Morgan fingerprint density at radius 2 is 2.12 bits per heavy atom. The van der Waals surface area contributed by atoms with E-state index in [2.05, 4.69) is 14.7 Å². The molecule has 0 unspecified atom stereocenters. The molecule has 0 bridgehead atoms. The van der Waals surface area contributed by atoms with E-state index in [0.29, 0.717) is 17.8 Å². The van der Waals surface area contributed by atoms with Crippen molar-refractivity contribution < 1.29 is 22.7 Å². The molecule has 1 aromatic rings. The van der Waals surface area contributed by atoms with Crippen LogP contribution >= 0.6 is 0 Å². The van der Waals surface area contributed by atoms with Gasteiger partial charge in [0.15, 0.2) is 6.29 Å². The molecule has 4 nitrogen and oxygen atoms in total. The van der Waals surface area contributed by atoms with Crippen LogP contribution in [0.5, 0.6) is 0 Å². The number of rotatable bonds is 5. The number of carbonyl (C=O) groups is 1. The van der Waals surface area contributed by atoms with Gasteiger partial charge < -0.3 is 4.74 Å². The molecule has 0 fully saturated rings. The minimum atomic E-state index is -4.33. The summed E-state index contributed by atoms with van der Waals surface area (Å²) in [6.07, 6.45) is -3.63. The van der Waals surface area contributed by atoms with Gasteiger partial charge in [0, 0.05) is 12.1 Å². The lowest BCUT2D eigenvalue weighted by atomic mass is 10.3. The van der Waals surface area contributed by atoms with E-state index in [1.54, 1.807) is 6.92 Å². The molecule has 0 amide bonds. The highest BCUT2D eigenvalue weighted by Crippen LogP contribution is 2.14. The van der Waals surface area contributed by atoms with E-state index >= 15 is 0 Å². The zero-order valence-electron chi connectivity index (χ0n) is 9.12.